The quantitative estimate of drug-likeness (QED) is 0.659. The second-order valence-corrected chi connectivity index (χ2v) is 4.82. The summed E-state index contributed by atoms with van der Waals surface area (Å²) in [5, 5.41) is 11.5. The van der Waals surface area contributed by atoms with Crippen molar-refractivity contribution in [1.29, 1.82) is 0 Å². The van der Waals surface area contributed by atoms with E-state index in [0.29, 0.717) is 6.42 Å². The first-order chi connectivity index (χ1) is 9.71. The van der Waals surface area contributed by atoms with Gasteiger partial charge in [0.05, 0.1) is 5.69 Å². The van der Waals surface area contributed by atoms with Crippen LogP contribution in [0.5, 0.6) is 0 Å². The summed E-state index contributed by atoms with van der Waals surface area (Å²) in [5.41, 5.74) is 0.952. The summed E-state index contributed by atoms with van der Waals surface area (Å²) in [7, 11) is 0. The van der Waals surface area contributed by atoms with Gasteiger partial charge in [0.25, 0.3) is 0 Å². The second kappa shape index (κ2) is 9.47. The molecule has 6 heteroatoms. The average molecular weight is 281 g/mol. The largest absolute Gasteiger partial charge is 0.343 e. The predicted molar refractivity (Wildman–Crippen MR) is 79.2 cm³/mol. The van der Waals surface area contributed by atoms with Crippen molar-refractivity contribution < 1.29 is 4.79 Å². The molecule has 1 N–H and O–H groups in total. The van der Waals surface area contributed by atoms with Gasteiger partial charge in [0, 0.05) is 38.8 Å². The van der Waals surface area contributed by atoms with Gasteiger partial charge in [0.15, 0.2) is 0 Å². The molecule has 0 unspecified atom stereocenters. The van der Waals surface area contributed by atoms with Gasteiger partial charge in [-0.25, -0.2) is 0 Å². The summed E-state index contributed by atoms with van der Waals surface area (Å²) in [5.74, 6) is 0.222. The molecule has 0 atom stereocenters. The monoisotopic (exact) mass is 281 g/mol. The molecule has 0 saturated carbocycles. The first kappa shape index (κ1) is 16.6. The third-order valence-corrected chi connectivity index (χ3v) is 3.21. The molecule has 0 radical (unpaired) electrons. The number of amides is 1. The lowest BCUT2D eigenvalue weighted by molar-refractivity contribution is -0.130. The Hall–Kier alpha value is -1.43. The summed E-state index contributed by atoms with van der Waals surface area (Å²) in [6, 6.07) is 0. The van der Waals surface area contributed by atoms with Crippen LogP contribution < -0.4 is 5.32 Å². The fraction of sp³-hybridized carbons (Fsp3) is 0.786. The number of hydrogen-bond donors (Lipinski definition) is 1. The number of aryl methyl sites for hydroxylation is 1. The molecule has 114 valence electrons. The van der Waals surface area contributed by atoms with Gasteiger partial charge in [0.1, 0.15) is 0 Å². The minimum absolute atomic E-state index is 0.222. The number of aromatic nitrogens is 3. The molecule has 0 fully saturated rings. The van der Waals surface area contributed by atoms with Gasteiger partial charge in [0.2, 0.25) is 5.91 Å². The van der Waals surface area contributed by atoms with E-state index in [4.69, 9.17) is 0 Å². The van der Waals surface area contributed by atoms with E-state index in [1.807, 2.05) is 29.6 Å². The molecule has 1 aromatic rings. The molecule has 0 saturated heterocycles. The molecule has 0 spiro atoms. The molecule has 1 amide bonds. The van der Waals surface area contributed by atoms with Crippen molar-refractivity contribution in [3.63, 3.8) is 0 Å². The Morgan fingerprint density at radius 1 is 1.35 bits per heavy atom. The second-order valence-electron chi connectivity index (χ2n) is 4.82. The Morgan fingerprint density at radius 3 is 2.75 bits per heavy atom. The Kier molecular flexibility index (Phi) is 7.87. The van der Waals surface area contributed by atoms with E-state index in [0.717, 1.165) is 51.3 Å². The third-order valence-electron chi connectivity index (χ3n) is 3.21. The van der Waals surface area contributed by atoms with E-state index in [-0.39, 0.29) is 5.91 Å². The van der Waals surface area contributed by atoms with Crippen molar-refractivity contribution in [3.8, 4) is 0 Å². The average Bonchev–Trinajstić information content (AvgIpc) is 2.88. The molecule has 0 bridgehead atoms. The van der Waals surface area contributed by atoms with Gasteiger partial charge in [-0.05, 0) is 33.2 Å². The van der Waals surface area contributed by atoms with Crippen molar-refractivity contribution in [1.82, 2.24) is 25.2 Å². The highest BCUT2D eigenvalue weighted by Crippen LogP contribution is 2.01. The van der Waals surface area contributed by atoms with E-state index in [2.05, 4.69) is 22.6 Å². The molecule has 20 heavy (non-hydrogen) atoms. The van der Waals surface area contributed by atoms with Gasteiger partial charge < -0.3 is 10.2 Å². The van der Waals surface area contributed by atoms with Gasteiger partial charge in [-0.2, -0.15) is 0 Å². The first-order valence-electron chi connectivity index (χ1n) is 7.58. The van der Waals surface area contributed by atoms with E-state index in [1.165, 1.54) is 0 Å². The predicted octanol–water partition coefficient (Wildman–Crippen LogP) is 1.43. The van der Waals surface area contributed by atoms with Crippen molar-refractivity contribution in [3.05, 3.63) is 11.9 Å². The van der Waals surface area contributed by atoms with Gasteiger partial charge in [-0.1, -0.05) is 12.1 Å². The maximum absolute atomic E-state index is 11.8. The van der Waals surface area contributed by atoms with Gasteiger partial charge in [-0.15, -0.1) is 5.10 Å². The van der Waals surface area contributed by atoms with Crippen LogP contribution in [0.3, 0.4) is 0 Å². The van der Waals surface area contributed by atoms with E-state index < -0.39 is 0 Å². The Bertz CT molecular complexity index is 387. The molecule has 1 rings (SSSR count). The van der Waals surface area contributed by atoms with Crippen LogP contribution in [-0.2, 0) is 17.9 Å². The van der Waals surface area contributed by atoms with Crippen LogP contribution in [0.25, 0.3) is 0 Å². The highest BCUT2D eigenvalue weighted by molar-refractivity contribution is 5.75. The molecule has 1 heterocycles. The van der Waals surface area contributed by atoms with Crippen molar-refractivity contribution in [2.24, 2.45) is 0 Å². The van der Waals surface area contributed by atoms with E-state index >= 15 is 0 Å². The van der Waals surface area contributed by atoms with Crippen LogP contribution >= 0.6 is 0 Å². The number of rotatable bonds is 10. The van der Waals surface area contributed by atoms with Crippen LogP contribution in [0.2, 0.25) is 0 Å². The standard InChI is InChI=1S/C14H27N5O/c1-4-9-15-11-13-12-19(17-16-13)10-7-8-14(20)18(5-2)6-3/h12,15H,4-11H2,1-3H3. The maximum atomic E-state index is 11.8. The summed E-state index contributed by atoms with van der Waals surface area (Å²) >= 11 is 0. The van der Waals surface area contributed by atoms with Gasteiger partial charge in [-0.3, -0.25) is 9.48 Å². The van der Waals surface area contributed by atoms with E-state index in [1.54, 1.807) is 0 Å². The SMILES string of the molecule is CCCNCc1cn(CCCC(=O)N(CC)CC)nn1. The molecule has 0 aromatic carbocycles. The fourth-order valence-electron chi connectivity index (χ4n) is 2.05. The summed E-state index contributed by atoms with van der Waals surface area (Å²) < 4.78 is 1.82. The molecule has 0 aliphatic heterocycles. The minimum Gasteiger partial charge on any atom is -0.343 e. The highest BCUT2D eigenvalue weighted by Gasteiger charge is 2.09. The molecule has 6 nitrogen and oxygen atoms in total. The third kappa shape index (κ3) is 5.69. The van der Waals surface area contributed by atoms with Crippen molar-refractivity contribution >= 4 is 5.91 Å². The first-order valence-corrected chi connectivity index (χ1v) is 7.58. The fourth-order valence-corrected chi connectivity index (χ4v) is 2.05. The summed E-state index contributed by atoms with van der Waals surface area (Å²) in [4.78, 5) is 13.7. The maximum Gasteiger partial charge on any atom is 0.222 e. The number of nitrogens with one attached hydrogen (secondary N) is 1. The zero-order valence-corrected chi connectivity index (χ0v) is 12.9. The van der Waals surface area contributed by atoms with Crippen LogP contribution in [-0.4, -0.2) is 45.4 Å². The number of carbonyl (C=O) groups excluding carboxylic acids is 1. The zero-order chi connectivity index (χ0) is 14.8. The summed E-state index contributed by atoms with van der Waals surface area (Å²) in [6.07, 6.45) is 4.44. The Balaban J connectivity index is 2.26. The van der Waals surface area contributed by atoms with Crippen molar-refractivity contribution in [2.75, 3.05) is 19.6 Å². The molecular formula is C14H27N5O. The van der Waals surface area contributed by atoms with Crippen LogP contribution in [0, 0.1) is 0 Å². The lowest BCUT2D eigenvalue weighted by atomic mass is 10.2. The number of carbonyl (C=O) groups is 1. The van der Waals surface area contributed by atoms with Crippen LogP contribution in [0.4, 0.5) is 0 Å². The molecular weight excluding hydrogens is 254 g/mol. The lowest BCUT2D eigenvalue weighted by Gasteiger charge is -2.18. The Morgan fingerprint density at radius 2 is 2.10 bits per heavy atom. The number of nitrogens with zero attached hydrogens (tertiary/aromatic N) is 4. The Labute approximate surface area is 121 Å². The zero-order valence-electron chi connectivity index (χ0n) is 12.9. The van der Waals surface area contributed by atoms with E-state index in [9.17, 15) is 4.79 Å². The van der Waals surface area contributed by atoms with Crippen molar-refractivity contribution in [2.45, 2.75) is 53.1 Å². The smallest absolute Gasteiger partial charge is 0.222 e. The van der Waals surface area contributed by atoms with Gasteiger partial charge >= 0.3 is 0 Å². The molecule has 1 aromatic heterocycles. The number of hydrogen-bond acceptors (Lipinski definition) is 4. The molecule has 0 aliphatic rings. The summed E-state index contributed by atoms with van der Waals surface area (Å²) in [6.45, 7) is 10.2. The normalized spacial score (nSPS) is 10.8. The van der Waals surface area contributed by atoms with Crippen LogP contribution in [0.15, 0.2) is 6.20 Å². The highest BCUT2D eigenvalue weighted by atomic mass is 16.2. The molecule has 0 aliphatic carbocycles. The minimum atomic E-state index is 0.222. The van der Waals surface area contributed by atoms with Crippen LogP contribution in [0.1, 0.15) is 45.7 Å². The topological polar surface area (TPSA) is 63.1 Å². The lowest BCUT2D eigenvalue weighted by Crippen LogP contribution is -2.30.